The highest BCUT2D eigenvalue weighted by Crippen LogP contribution is 2.40. The molecule has 2 aliphatic rings. The Morgan fingerprint density at radius 2 is 2.00 bits per heavy atom. The smallest absolute Gasteiger partial charge is 0.290 e. The van der Waals surface area contributed by atoms with Gasteiger partial charge in [-0.2, -0.15) is 4.98 Å². The van der Waals surface area contributed by atoms with E-state index in [1.807, 2.05) is 0 Å². The highest BCUT2D eigenvalue weighted by molar-refractivity contribution is 5.49. The van der Waals surface area contributed by atoms with E-state index in [9.17, 15) is 10.1 Å². The second-order valence-electron chi connectivity index (χ2n) is 6.61. The van der Waals surface area contributed by atoms with Gasteiger partial charge in [0, 0.05) is 30.5 Å². The zero-order valence-electron chi connectivity index (χ0n) is 13.5. The molecule has 2 fully saturated rings. The van der Waals surface area contributed by atoms with Crippen LogP contribution < -0.4 is 4.90 Å². The van der Waals surface area contributed by atoms with E-state index >= 15 is 0 Å². The van der Waals surface area contributed by atoms with Crippen molar-refractivity contribution in [3.8, 4) is 0 Å². The van der Waals surface area contributed by atoms with E-state index in [2.05, 4.69) is 20.0 Å². The predicted molar refractivity (Wildman–Crippen MR) is 86.1 cm³/mol. The number of piperidine rings is 1. The van der Waals surface area contributed by atoms with Crippen molar-refractivity contribution in [2.45, 2.75) is 44.4 Å². The van der Waals surface area contributed by atoms with Crippen LogP contribution in [0.5, 0.6) is 0 Å². The number of nitrogens with zero attached hydrogens (tertiary/aromatic N) is 5. The molecule has 1 aliphatic heterocycles. The molecule has 0 aromatic carbocycles. The Bertz CT molecular complexity index is 763. The van der Waals surface area contributed by atoms with Crippen LogP contribution in [0.2, 0.25) is 0 Å². The number of aryl methyl sites for hydroxylation is 1. The average Bonchev–Trinajstić information content (AvgIpc) is 3.32. The third-order valence-electron chi connectivity index (χ3n) is 4.83. The molecule has 8 heteroatoms. The van der Waals surface area contributed by atoms with E-state index in [-0.39, 0.29) is 5.69 Å². The van der Waals surface area contributed by atoms with Crippen LogP contribution in [0.15, 0.2) is 16.8 Å². The Labute approximate surface area is 139 Å². The second-order valence-corrected chi connectivity index (χ2v) is 6.61. The van der Waals surface area contributed by atoms with E-state index in [0.717, 1.165) is 56.3 Å². The Kier molecular flexibility index (Phi) is 3.66. The van der Waals surface area contributed by atoms with Gasteiger partial charge in [-0.3, -0.25) is 10.1 Å². The molecule has 2 aromatic heterocycles. The first-order chi connectivity index (χ1) is 11.6. The molecule has 0 unspecified atom stereocenters. The van der Waals surface area contributed by atoms with E-state index in [1.54, 1.807) is 13.0 Å². The van der Waals surface area contributed by atoms with Gasteiger partial charge in [0.25, 0.3) is 5.69 Å². The third kappa shape index (κ3) is 2.83. The Balaban J connectivity index is 1.41. The molecule has 4 rings (SSSR count). The lowest BCUT2D eigenvalue weighted by Gasteiger charge is -2.31. The van der Waals surface area contributed by atoms with Crippen LogP contribution in [0.3, 0.4) is 0 Å². The summed E-state index contributed by atoms with van der Waals surface area (Å²) in [6.45, 7) is 3.42. The minimum atomic E-state index is -0.397. The quantitative estimate of drug-likeness (QED) is 0.628. The molecule has 0 N–H and O–H groups in total. The Morgan fingerprint density at radius 3 is 2.62 bits per heavy atom. The normalized spacial score (nSPS) is 18.8. The summed E-state index contributed by atoms with van der Waals surface area (Å²) in [4.78, 5) is 21.5. The highest BCUT2D eigenvalue weighted by Gasteiger charge is 2.32. The van der Waals surface area contributed by atoms with Gasteiger partial charge in [-0.1, -0.05) is 5.16 Å². The summed E-state index contributed by atoms with van der Waals surface area (Å²) in [5, 5.41) is 15.0. The molecule has 8 nitrogen and oxygen atoms in total. The van der Waals surface area contributed by atoms with Gasteiger partial charge in [-0.15, -0.1) is 0 Å². The number of hydrogen-bond acceptors (Lipinski definition) is 7. The molecule has 1 saturated heterocycles. The third-order valence-corrected chi connectivity index (χ3v) is 4.83. The second kappa shape index (κ2) is 5.85. The fraction of sp³-hybridized carbons (Fsp3) is 0.562. The van der Waals surface area contributed by atoms with Crippen molar-refractivity contribution in [3.63, 3.8) is 0 Å². The summed E-state index contributed by atoms with van der Waals surface area (Å²) in [6.07, 6.45) is 5.52. The maximum absolute atomic E-state index is 10.9. The average molecular weight is 329 g/mol. The van der Waals surface area contributed by atoms with Crippen LogP contribution in [0, 0.1) is 17.0 Å². The molecular weight excluding hydrogens is 310 g/mol. The lowest BCUT2D eigenvalue weighted by Crippen LogP contribution is -2.33. The summed E-state index contributed by atoms with van der Waals surface area (Å²) >= 11 is 0. The van der Waals surface area contributed by atoms with Gasteiger partial charge in [-0.25, -0.2) is 4.98 Å². The molecule has 3 heterocycles. The van der Waals surface area contributed by atoms with E-state index in [0.29, 0.717) is 17.4 Å². The maximum Gasteiger partial charge on any atom is 0.290 e. The van der Waals surface area contributed by atoms with Gasteiger partial charge in [0.15, 0.2) is 5.82 Å². The molecule has 24 heavy (non-hydrogen) atoms. The summed E-state index contributed by atoms with van der Waals surface area (Å²) in [6, 6.07) is 1.79. The summed E-state index contributed by atoms with van der Waals surface area (Å²) < 4.78 is 5.35. The molecule has 1 saturated carbocycles. The van der Waals surface area contributed by atoms with Gasteiger partial charge >= 0.3 is 0 Å². The number of hydrogen-bond donors (Lipinski definition) is 0. The number of rotatable bonds is 4. The first-order valence-electron chi connectivity index (χ1n) is 8.31. The van der Waals surface area contributed by atoms with Crippen LogP contribution in [0.1, 0.15) is 54.8 Å². The monoisotopic (exact) mass is 329 g/mol. The van der Waals surface area contributed by atoms with Crippen LogP contribution >= 0.6 is 0 Å². The van der Waals surface area contributed by atoms with Crippen molar-refractivity contribution >= 4 is 11.5 Å². The lowest BCUT2D eigenvalue weighted by atomic mass is 9.96. The van der Waals surface area contributed by atoms with Crippen molar-refractivity contribution < 1.29 is 9.45 Å². The van der Waals surface area contributed by atoms with Crippen molar-refractivity contribution in [1.82, 2.24) is 15.1 Å². The molecule has 0 atom stereocenters. The zero-order valence-corrected chi connectivity index (χ0v) is 13.5. The molecular formula is C16H19N5O3. The fourth-order valence-electron chi connectivity index (χ4n) is 3.17. The van der Waals surface area contributed by atoms with E-state index in [4.69, 9.17) is 4.52 Å². The predicted octanol–water partition coefficient (Wildman–Crippen LogP) is 2.94. The van der Waals surface area contributed by atoms with Crippen LogP contribution in [-0.2, 0) is 0 Å². The summed E-state index contributed by atoms with van der Waals surface area (Å²) in [5.74, 6) is 3.21. The Morgan fingerprint density at radius 1 is 1.25 bits per heavy atom. The number of nitro groups is 1. The largest absolute Gasteiger partial charge is 0.357 e. The first-order valence-corrected chi connectivity index (χ1v) is 8.31. The first kappa shape index (κ1) is 15.0. The molecule has 0 amide bonds. The summed E-state index contributed by atoms with van der Waals surface area (Å²) in [5.41, 5.74) is 0.701. The molecule has 0 spiro atoms. The standard InChI is InChI=1S/C16H19N5O3/c1-10-8-14(17-9-13(10)21(22)23)20-6-4-11(5-7-20)15-18-16(24-19-15)12-2-3-12/h8-9,11-12H,2-7H2,1H3. The molecule has 2 aromatic rings. The highest BCUT2D eigenvalue weighted by atomic mass is 16.6. The lowest BCUT2D eigenvalue weighted by molar-refractivity contribution is -0.385. The van der Waals surface area contributed by atoms with Gasteiger partial charge in [-0.05, 0) is 38.7 Å². The number of pyridine rings is 1. The van der Waals surface area contributed by atoms with Crippen LogP contribution in [0.25, 0.3) is 0 Å². The van der Waals surface area contributed by atoms with Gasteiger partial charge in [0.1, 0.15) is 12.0 Å². The van der Waals surface area contributed by atoms with Gasteiger partial charge < -0.3 is 9.42 Å². The number of aromatic nitrogens is 3. The Hall–Kier alpha value is -2.51. The minimum absolute atomic E-state index is 0.0630. The van der Waals surface area contributed by atoms with Crippen molar-refractivity contribution in [2.75, 3.05) is 18.0 Å². The SMILES string of the molecule is Cc1cc(N2CCC(c3noc(C4CC4)n3)CC2)ncc1[N+](=O)[O-]. The minimum Gasteiger partial charge on any atom is -0.357 e. The maximum atomic E-state index is 10.9. The van der Waals surface area contributed by atoms with Gasteiger partial charge in [0.2, 0.25) is 5.89 Å². The molecule has 1 aliphatic carbocycles. The van der Waals surface area contributed by atoms with Gasteiger partial charge in [0.05, 0.1) is 4.92 Å². The fourth-order valence-corrected chi connectivity index (χ4v) is 3.17. The summed E-state index contributed by atoms with van der Waals surface area (Å²) in [7, 11) is 0. The van der Waals surface area contributed by atoms with Crippen molar-refractivity contribution in [3.05, 3.63) is 39.7 Å². The topological polar surface area (TPSA) is 98.2 Å². The molecule has 126 valence electrons. The number of anilines is 1. The van der Waals surface area contributed by atoms with E-state index in [1.165, 1.54) is 6.20 Å². The van der Waals surface area contributed by atoms with Crippen LogP contribution in [-0.4, -0.2) is 33.1 Å². The van der Waals surface area contributed by atoms with Crippen molar-refractivity contribution in [1.29, 1.82) is 0 Å². The zero-order chi connectivity index (χ0) is 16.7. The molecule has 0 radical (unpaired) electrons. The molecule has 0 bridgehead atoms. The van der Waals surface area contributed by atoms with Crippen molar-refractivity contribution in [2.24, 2.45) is 0 Å². The van der Waals surface area contributed by atoms with Crippen LogP contribution in [0.4, 0.5) is 11.5 Å². The van der Waals surface area contributed by atoms with E-state index < -0.39 is 4.92 Å².